The fourth-order valence-corrected chi connectivity index (χ4v) is 5.25. The van der Waals surface area contributed by atoms with Crippen molar-refractivity contribution >= 4 is 52.3 Å². The number of nitrogens with two attached hydrogens (primary N) is 1. The van der Waals surface area contributed by atoms with Crippen LogP contribution in [0.3, 0.4) is 0 Å². The standard InChI is InChI=1S/C19H32N5O7PS2/c1-14(2)31-19(25)27-12-30-32(26,29-7-5-6-8-34-33-4)13-28-15(3)9-24-11-23-16-17(20)21-10-22-18(16)24/h10-11,14-15H,5-9,12-13H2,1-4H3,(H2,20,21,22)/t15-,32?/m1/s1. The van der Waals surface area contributed by atoms with E-state index in [1.54, 1.807) is 53.3 Å². The van der Waals surface area contributed by atoms with Crippen molar-refractivity contribution in [3.63, 3.8) is 0 Å². The molecule has 2 rings (SSSR count). The van der Waals surface area contributed by atoms with Crippen molar-refractivity contribution in [2.45, 2.75) is 52.4 Å². The molecule has 0 amide bonds. The highest BCUT2D eigenvalue weighted by atomic mass is 33.1. The van der Waals surface area contributed by atoms with E-state index in [1.165, 1.54) is 6.33 Å². The molecule has 34 heavy (non-hydrogen) atoms. The molecule has 1 unspecified atom stereocenters. The zero-order valence-electron chi connectivity index (χ0n) is 19.7. The van der Waals surface area contributed by atoms with E-state index < -0.39 is 20.5 Å². The van der Waals surface area contributed by atoms with Gasteiger partial charge in [-0.2, -0.15) is 0 Å². The molecule has 0 aliphatic rings. The third-order valence-electron chi connectivity index (χ3n) is 4.19. The zero-order chi connectivity index (χ0) is 25.0. The average Bonchev–Trinajstić information content (AvgIpc) is 3.18. The van der Waals surface area contributed by atoms with Crippen LogP contribution in [0.25, 0.3) is 11.2 Å². The second kappa shape index (κ2) is 14.7. The lowest BCUT2D eigenvalue weighted by molar-refractivity contribution is -0.0181. The monoisotopic (exact) mass is 537 g/mol. The second-order valence-electron chi connectivity index (χ2n) is 7.38. The summed E-state index contributed by atoms with van der Waals surface area (Å²) >= 11 is 0. The number of fused-ring (bicyclic) bond motifs is 1. The number of nitrogens with zero attached hydrogens (tertiary/aromatic N) is 4. The molecule has 12 nitrogen and oxygen atoms in total. The Kier molecular flexibility index (Phi) is 12.4. The molecule has 0 saturated heterocycles. The molecule has 0 fully saturated rings. The van der Waals surface area contributed by atoms with E-state index in [-0.39, 0.29) is 31.0 Å². The third kappa shape index (κ3) is 9.96. The number of imidazole rings is 1. The van der Waals surface area contributed by atoms with Crippen LogP contribution in [0.1, 0.15) is 33.6 Å². The number of carbonyl (C=O) groups is 1. The maximum atomic E-state index is 13.2. The van der Waals surface area contributed by atoms with Gasteiger partial charge in [0.25, 0.3) is 0 Å². The van der Waals surface area contributed by atoms with Crippen molar-refractivity contribution in [1.29, 1.82) is 0 Å². The van der Waals surface area contributed by atoms with E-state index in [9.17, 15) is 9.36 Å². The Hall–Kier alpha value is -1.57. The first-order valence-electron chi connectivity index (χ1n) is 10.6. The van der Waals surface area contributed by atoms with Gasteiger partial charge in [-0.1, -0.05) is 21.6 Å². The molecule has 2 aromatic heterocycles. The Labute approximate surface area is 206 Å². The molecular formula is C19H32N5O7PS2. The number of nitrogen functional groups attached to an aromatic ring is 1. The minimum atomic E-state index is -3.70. The molecule has 0 aliphatic heterocycles. The summed E-state index contributed by atoms with van der Waals surface area (Å²) in [7, 11) is -0.265. The summed E-state index contributed by atoms with van der Waals surface area (Å²) in [5, 5.41) is 0. The highest BCUT2D eigenvalue weighted by Gasteiger charge is 2.27. The normalized spacial score (nSPS) is 14.3. The van der Waals surface area contributed by atoms with Gasteiger partial charge in [0, 0.05) is 5.75 Å². The summed E-state index contributed by atoms with van der Waals surface area (Å²) in [5.41, 5.74) is 6.89. The first-order chi connectivity index (χ1) is 16.2. The van der Waals surface area contributed by atoms with Gasteiger partial charge in [-0.25, -0.2) is 19.7 Å². The molecule has 2 atom stereocenters. The molecule has 0 bridgehead atoms. The summed E-state index contributed by atoms with van der Waals surface area (Å²) in [4.78, 5) is 23.9. The van der Waals surface area contributed by atoms with E-state index in [0.29, 0.717) is 24.1 Å². The molecule has 15 heteroatoms. The van der Waals surface area contributed by atoms with Gasteiger partial charge < -0.3 is 29.0 Å². The molecule has 0 aliphatic carbocycles. The van der Waals surface area contributed by atoms with Gasteiger partial charge in [-0.15, -0.1) is 0 Å². The number of rotatable bonds is 16. The number of unbranched alkanes of at least 4 members (excludes halogenated alkanes) is 1. The van der Waals surface area contributed by atoms with Gasteiger partial charge in [-0.05, 0) is 39.9 Å². The van der Waals surface area contributed by atoms with Crippen molar-refractivity contribution in [2.24, 2.45) is 0 Å². The molecule has 2 N–H and O–H groups in total. The van der Waals surface area contributed by atoms with Gasteiger partial charge in [0.15, 0.2) is 11.5 Å². The van der Waals surface area contributed by atoms with E-state index >= 15 is 0 Å². The first-order valence-corrected chi connectivity index (χ1v) is 15.1. The van der Waals surface area contributed by atoms with Gasteiger partial charge in [0.05, 0.1) is 31.7 Å². The Bertz CT molecular complexity index is 949. The Balaban J connectivity index is 1.90. The minimum Gasteiger partial charge on any atom is -0.432 e. The van der Waals surface area contributed by atoms with Crippen LogP contribution in [0.4, 0.5) is 10.6 Å². The number of hydrogen-bond donors (Lipinski definition) is 1. The molecule has 2 aromatic rings. The van der Waals surface area contributed by atoms with Crippen molar-refractivity contribution < 1.29 is 32.6 Å². The van der Waals surface area contributed by atoms with Crippen LogP contribution in [-0.4, -0.2) is 69.6 Å². The van der Waals surface area contributed by atoms with Crippen LogP contribution in [0, 0.1) is 0 Å². The highest BCUT2D eigenvalue weighted by Crippen LogP contribution is 2.48. The molecule has 2 heterocycles. The number of anilines is 1. The summed E-state index contributed by atoms with van der Waals surface area (Å²) < 4.78 is 41.3. The Morgan fingerprint density at radius 1 is 1.21 bits per heavy atom. The predicted molar refractivity (Wildman–Crippen MR) is 133 cm³/mol. The molecule has 0 spiro atoms. The lowest BCUT2D eigenvalue weighted by Gasteiger charge is -2.21. The minimum absolute atomic E-state index is 0.225. The van der Waals surface area contributed by atoms with Crippen LogP contribution in [-0.2, 0) is 34.4 Å². The average molecular weight is 538 g/mol. The summed E-state index contributed by atoms with van der Waals surface area (Å²) in [6, 6.07) is 0. The van der Waals surface area contributed by atoms with Gasteiger partial charge in [-0.3, -0.25) is 9.09 Å². The topological polar surface area (TPSA) is 150 Å². The largest absolute Gasteiger partial charge is 0.510 e. The van der Waals surface area contributed by atoms with E-state index in [4.69, 9.17) is 29.0 Å². The zero-order valence-corrected chi connectivity index (χ0v) is 22.3. The first kappa shape index (κ1) is 28.7. The number of carbonyl (C=O) groups excluding carboxylic acids is 1. The summed E-state index contributed by atoms with van der Waals surface area (Å²) in [6.45, 7) is 5.19. The van der Waals surface area contributed by atoms with Gasteiger partial charge >= 0.3 is 13.8 Å². The highest BCUT2D eigenvalue weighted by molar-refractivity contribution is 8.76. The van der Waals surface area contributed by atoms with Gasteiger partial charge in [0.2, 0.25) is 6.79 Å². The van der Waals surface area contributed by atoms with Crippen molar-refractivity contribution in [3.05, 3.63) is 12.7 Å². The lowest BCUT2D eigenvalue weighted by atomic mass is 10.4. The lowest BCUT2D eigenvalue weighted by Crippen LogP contribution is -2.19. The Morgan fingerprint density at radius 2 is 2.00 bits per heavy atom. The molecule has 0 radical (unpaired) electrons. The number of ether oxygens (including phenoxy) is 3. The van der Waals surface area contributed by atoms with E-state index in [2.05, 4.69) is 15.0 Å². The van der Waals surface area contributed by atoms with Crippen LogP contribution in [0.2, 0.25) is 0 Å². The van der Waals surface area contributed by atoms with Crippen molar-refractivity contribution in [3.8, 4) is 0 Å². The maximum Gasteiger partial charge on any atom is 0.510 e. The molecule has 0 saturated carbocycles. The maximum absolute atomic E-state index is 13.2. The predicted octanol–water partition coefficient (Wildman–Crippen LogP) is 4.31. The van der Waals surface area contributed by atoms with Gasteiger partial charge in [0.1, 0.15) is 18.2 Å². The van der Waals surface area contributed by atoms with Crippen LogP contribution in [0.5, 0.6) is 0 Å². The Morgan fingerprint density at radius 3 is 2.74 bits per heavy atom. The van der Waals surface area contributed by atoms with E-state index in [1.807, 2.05) is 6.26 Å². The van der Waals surface area contributed by atoms with Crippen molar-refractivity contribution in [2.75, 3.05) is 37.5 Å². The number of aromatic nitrogens is 4. The summed E-state index contributed by atoms with van der Waals surface area (Å²) in [6.07, 6.45) is 4.59. The third-order valence-corrected chi connectivity index (χ3v) is 7.62. The smallest absolute Gasteiger partial charge is 0.432 e. The van der Waals surface area contributed by atoms with Crippen molar-refractivity contribution in [1.82, 2.24) is 19.5 Å². The van der Waals surface area contributed by atoms with Crippen LogP contribution in [0.15, 0.2) is 12.7 Å². The fraction of sp³-hybridized carbons (Fsp3) is 0.684. The molecular weight excluding hydrogens is 505 g/mol. The van der Waals surface area contributed by atoms with Crippen LogP contribution >= 0.6 is 29.2 Å². The second-order valence-corrected chi connectivity index (χ2v) is 12.1. The SMILES string of the molecule is CSSCCCCOP(=O)(CO[C@H](C)Cn1cnc2c(N)ncnc21)OCOC(=O)OC(C)C. The molecule has 0 aromatic carbocycles. The van der Waals surface area contributed by atoms with E-state index in [0.717, 1.165) is 12.2 Å². The fourth-order valence-electron chi connectivity index (χ4n) is 2.62. The quantitative estimate of drug-likeness (QED) is 0.107. The van der Waals surface area contributed by atoms with Crippen LogP contribution < -0.4 is 5.73 Å². The summed E-state index contributed by atoms with van der Waals surface area (Å²) in [5.74, 6) is 1.25. The number of hydrogen-bond acceptors (Lipinski definition) is 13. The molecule has 192 valence electrons.